The summed E-state index contributed by atoms with van der Waals surface area (Å²) in [6, 6.07) is 8.48. The highest BCUT2D eigenvalue weighted by molar-refractivity contribution is 5.87. The van der Waals surface area contributed by atoms with Gasteiger partial charge >= 0.3 is 0 Å². The number of nitrogens with zero attached hydrogens (tertiary/aromatic N) is 1. The van der Waals surface area contributed by atoms with E-state index in [1.54, 1.807) is 0 Å². The van der Waals surface area contributed by atoms with Gasteiger partial charge in [0.25, 0.3) is 0 Å². The molecule has 1 N–H and O–H groups in total. The second kappa shape index (κ2) is 3.62. The Morgan fingerprint density at radius 1 is 1.26 bits per heavy atom. The largest absolute Gasteiger partial charge is 0.356 e. The van der Waals surface area contributed by atoms with Crippen LogP contribution < -0.4 is 0 Å². The van der Waals surface area contributed by atoms with E-state index in [1.807, 2.05) is 0 Å². The van der Waals surface area contributed by atoms with Gasteiger partial charge in [0, 0.05) is 29.6 Å². The van der Waals surface area contributed by atoms with E-state index < -0.39 is 0 Å². The molecule has 0 aliphatic carbocycles. The van der Waals surface area contributed by atoms with Gasteiger partial charge in [-0.05, 0) is 37.8 Å². The number of hydrogen-bond acceptors (Lipinski definition) is 1. The van der Waals surface area contributed by atoms with E-state index in [9.17, 15) is 4.79 Å². The van der Waals surface area contributed by atoms with Crippen molar-refractivity contribution in [1.82, 2.24) is 9.88 Å². The van der Waals surface area contributed by atoms with Crippen LogP contribution in [0, 0.1) is 0 Å². The van der Waals surface area contributed by atoms with Gasteiger partial charge in [-0.1, -0.05) is 18.2 Å². The number of aromatic amines is 1. The molecule has 4 rings (SSSR count). The first-order valence-corrected chi connectivity index (χ1v) is 7.11. The summed E-state index contributed by atoms with van der Waals surface area (Å²) in [6.07, 6.45) is 3.75. The highest BCUT2D eigenvalue weighted by Gasteiger charge is 2.44. The third kappa shape index (κ3) is 1.36. The average molecular weight is 254 g/mol. The van der Waals surface area contributed by atoms with Gasteiger partial charge in [0.1, 0.15) is 0 Å². The molecule has 3 heteroatoms. The third-order valence-electron chi connectivity index (χ3n) is 4.89. The Morgan fingerprint density at radius 3 is 3.00 bits per heavy atom. The van der Waals surface area contributed by atoms with Gasteiger partial charge in [-0.2, -0.15) is 0 Å². The fraction of sp³-hybridized carbons (Fsp3) is 0.438. The molecule has 2 aliphatic rings. The van der Waals surface area contributed by atoms with Crippen molar-refractivity contribution in [2.75, 3.05) is 6.54 Å². The Hall–Kier alpha value is -1.77. The molecular formula is C16H18N2O. The number of piperidine rings is 1. The highest BCUT2D eigenvalue weighted by Crippen LogP contribution is 2.44. The van der Waals surface area contributed by atoms with E-state index in [1.165, 1.54) is 22.2 Å². The van der Waals surface area contributed by atoms with Gasteiger partial charge in [0.15, 0.2) is 0 Å². The summed E-state index contributed by atoms with van der Waals surface area (Å²) < 4.78 is 0. The summed E-state index contributed by atoms with van der Waals surface area (Å²) in [7, 11) is 0. The number of benzene rings is 1. The van der Waals surface area contributed by atoms with Crippen LogP contribution in [0.4, 0.5) is 0 Å². The minimum absolute atomic E-state index is 0.123. The number of amides is 1. The zero-order chi connectivity index (χ0) is 13.0. The summed E-state index contributed by atoms with van der Waals surface area (Å²) in [4.78, 5) is 17.8. The molecule has 98 valence electrons. The molecule has 0 bridgehead atoms. The van der Waals surface area contributed by atoms with Crippen LogP contribution in [0.1, 0.15) is 37.4 Å². The molecule has 2 aromatic rings. The van der Waals surface area contributed by atoms with Gasteiger partial charge in [0.2, 0.25) is 5.91 Å². The van der Waals surface area contributed by atoms with Crippen LogP contribution in [0.15, 0.2) is 24.3 Å². The molecule has 1 fully saturated rings. The molecule has 3 nitrogen and oxygen atoms in total. The number of aromatic nitrogens is 1. The highest BCUT2D eigenvalue weighted by atomic mass is 16.2. The standard InChI is InChI=1S/C16H18N2O/c1-16-9-4-7-14(19)18(16)10-8-12-11-5-2-3-6-13(11)17-15(12)16/h2-3,5-6,17H,4,7-10H2,1H3. The quantitative estimate of drug-likeness (QED) is 0.771. The minimum Gasteiger partial charge on any atom is -0.356 e. The molecule has 0 radical (unpaired) electrons. The second-order valence-corrected chi connectivity index (χ2v) is 5.95. The second-order valence-electron chi connectivity index (χ2n) is 5.95. The lowest BCUT2D eigenvalue weighted by Gasteiger charge is -2.47. The number of para-hydroxylation sites is 1. The van der Waals surface area contributed by atoms with Crippen molar-refractivity contribution in [2.45, 2.75) is 38.1 Å². The van der Waals surface area contributed by atoms with Gasteiger partial charge in [-0.25, -0.2) is 0 Å². The molecule has 0 spiro atoms. The number of nitrogens with one attached hydrogen (secondary N) is 1. The summed E-state index contributed by atoms with van der Waals surface area (Å²) in [5, 5.41) is 1.33. The summed E-state index contributed by atoms with van der Waals surface area (Å²) >= 11 is 0. The maximum absolute atomic E-state index is 12.2. The van der Waals surface area contributed by atoms with E-state index in [0.717, 1.165) is 25.8 Å². The zero-order valence-corrected chi connectivity index (χ0v) is 11.2. The van der Waals surface area contributed by atoms with Crippen molar-refractivity contribution in [3.05, 3.63) is 35.5 Å². The fourth-order valence-electron chi connectivity index (χ4n) is 3.90. The number of rotatable bonds is 0. The van der Waals surface area contributed by atoms with E-state index in [0.29, 0.717) is 12.3 Å². The summed E-state index contributed by atoms with van der Waals surface area (Å²) in [5.74, 6) is 0.318. The van der Waals surface area contributed by atoms with Gasteiger partial charge in [0.05, 0.1) is 5.54 Å². The van der Waals surface area contributed by atoms with Crippen LogP contribution in [0.25, 0.3) is 10.9 Å². The van der Waals surface area contributed by atoms with Crippen molar-refractivity contribution in [1.29, 1.82) is 0 Å². The van der Waals surface area contributed by atoms with Crippen molar-refractivity contribution in [3.8, 4) is 0 Å². The van der Waals surface area contributed by atoms with Gasteiger partial charge in [-0.3, -0.25) is 4.79 Å². The van der Waals surface area contributed by atoms with Crippen molar-refractivity contribution in [3.63, 3.8) is 0 Å². The van der Waals surface area contributed by atoms with Crippen molar-refractivity contribution >= 4 is 16.8 Å². The van der Waals surface area contributed by atoms with Crippen LogP contribution in [-0.4, -0.2) is 22.3 Å². The first-order valence-electron chi connectivity index (χ1n) is 7.11. The van der Waals surface area contributed by atoms with Crippen LogP contribution >= 0.6 is 0 Å². The maximum atomic E-state index is 12.2. The van der Waals surface area contributed by atoms with E-state index in [4.69, 9.17) is 0 Å². The number of H-pyrrole nitrogens is 1. The first kappa shape index (κ1) is 11.1. The predicted molar refractivity (Wildman–Crippen MR) is 74.9 cm³/mol. The maximum Gasteiger partial charge on any atom is 0.223 e. The van der Waals surface area contributed by atoms with Crippen molar-refractivity contribution < 1.29 is 4.79 Å². The normalized spacial score (nSPS) is 26.4. The average Bonchev–Trinajstić information content (AvgIpc) is 2.79. The number of fused-ring (bicyclic) bond motifs is 5. The molecule has 1 atom stereocenters. The SMILES string of the molecule is CC12CCCC(=O)N1CCc1c2[nH]c2ccccc12. The monoisotopic (exact) mass is 254 g/mol. The Kier molecular flexibility index (Phi) is 2.12. The summed E-state index contributed by atoms with van der Waals surface area (Å²) in [6.45, 7) is 3.08. The molecule has 1 aromatic heterocycles. The molecule has 1 saturated heterocycles. The molecule has 0 saturated carbocycles. The van der Waals surface area contributed by atoms with Gasteiger partial charge < -0.3 is 9.88 Å². The lowest BCUT2D eigenvalue weighted by atomic mass is 9.79. The molecule has 1 amide bonds. The molecule has 19 heavy (non-hydrogen) atoms. The third-order valence-corrected chi connectivity index (χ3v) is 4.89. The van der Waals surface area contributed by atoms with Gasteiger partial charge in [-0.15, -0.1) is 0 Å². The lowest BCUT2D eigenvalue weighted by molar-refractivity contribution is -0.142. The Balaban J connectivity index is 1.96. The fourth-order valence-corrected chi connectivity index (χ4v) is 3.90. The van der Waals surface area contributed by atoms with Crippen LogP contribution in [0.2, 0.25) is 0 Å². The number of carbonyl (C=O) groups is 1. The topological polar surface area (TPSA) is 36.1 Å². The zero-order valence-electron chi connectivity index (χ0n) is 11.2. The van der Waals surface area contributed by atoms with Crippen molar-refractivity contribution in [2.24, 2.45) is 0 Å². The van der Waals surface area contributed by atoms with Crippen LogP contribution in [0.3, 0.4) is 0 Å². The first-order chi connectivity index (χ1) is 9.20. The van der Waals surface area contributed by atoms with Crippen LogP contribution in [0.5, 0.6) is 0 Å². The van der Waals surface area contributed by atoms with Crippen LogP contribution in [-0.2, 0) is 16.8 Å². The Morgan fingerprint density at radius 2 is 2.11 bits per heavy atom. The predicted octanol–water partition coefficient (Wildman–Crippen LogP) is 2.95. The number of hydrogen-bond donors (Lipinski definition) is 1. The molecule has 2 aliphatic heterocycles. The molecule has 1 aromatic carbocycles. The minimum atomic E-state index is -0.123. The molecule has 1 unspecified atom stereocenters. The Bertz CT molecular complexity index is 672. The number of carbonyl (C=O) groups excluding carboxylic acids is 1. The molecular weight excluding hydrogens is 236 g/mol. The lowest BCUT2D eigenvalue weighted by Crippen LogP contribution is -2.54. The summed E-state index contributed by atoms with van der Waals surface area (Å²) in [5.41, 5.74) is 3.77. The Labute approximate surface area is 112 Å². The smallest absolute Gasteiger partial charge is 0.223 e. The van der Waals surface area contributed by atoms with E-state index in [-0.39, 0.29) is 5.54 Å². The molecule has 3 heterocycles. The van der Waals surface area contributed by atoms with E-state index in [2.05, 4.69) is 41.1 Å². The van der Waals surface area contributed by atoms with E-state index >= 15 is 0 Å².